The van der Waals surface area contributed by atoms with E-state index in [9.17, 15) is 4.79 Å². The monoisotopic (exact) mass is 371 g/mol. The lowest BCUT2D eigenvalue weighted by atomic mass is 9.98. The summed E-state index contributed by atoms with van der Waals surface area (Å²) in [5.74, 6) is 0. The van der Waals surface area contributed by atoms with Crippen LogP contribution in [-0.2, 0) is 0 Å². The Balaban J connectivity index is 1.34. The molecule has 5 rings (SSSR count). The molecule has 3 aromatic carbocycles. The average Bonchev–Trinajstić information content (AvgIpc) is 3.08. The Morgan fingerprint density at radius 3 is 2.46 bits per heavy atom. The molecule has 1 N–H and O–H groups in total. The number of likely N-dealkylation sites (tertiary alicyclic amines) is 1. The van der Waals surface area contributed by atoms with E-state index < -0.39 is 0 Å². The molecule has 1 unspecified atom stereocenters. The van der Waals surface area contributed by atoms with Crippen molar-refractivity contribution in [1.82, 2.24) is 14.5 Å². The number of hydrogen-bond donors (Lipinski definition) is 1. The van der Waals surface area contributed by atoms with Crippen LogP contribution in [0.25, 0.3) is 21.8 Å². The Kier molecular flexibility index (Phi) is 4.29. The van der Waals surface area contributed by atoms with Gasteiger partial charge in [-0.2, -0.15) is 0 Å². The van der Waals surface area contributed by atoms with Gasteiger partial charge in [0.1, 0.15) is 0 Å². The van der Waals surface area contributed by atoms with Crippen molar-refractivity contribution < 1.29 is 0 Å². The first-order valence-corrected chi connectivity index (χ1v) is 10.1. The smallest absolute Gasteiger partial charge is 0.306 e. The van der Waals surface area contributed by atoms with Crippen LogP contribution < -0.4 is 5.69 Å². The number of H-pyrrole nitrogens is 1. The maximum absolute atomic E-state index is 12.5. The van der Waals surface area contributed by atoms with Crippen molar-refractivity contribution in [2.75, 3.05) is 13.1 Å². The lowest BCUT2D eigenvalue weighted by Crippen LogP contribution is -2.38. The molecule has 142 valence electrons. The summed E-state index contributed by atoms with van der Waals surface area (Å²) < 4.78 is 1.97. The lowest BCUT2D eigenvalue weighted by Gasteiger charge is -2.36. The van der Waals surface area contributed by atoms with Crippen molar-refractivity contribution in [3.05, 3.63) is 82.8 Å². The highest BCUT2D eigenvalue weighted by Gasteiger charge is 2.26. The molecule has 2 heterocycles. The number of aromatic amines is 1. The van der Waals surface area contributed by atoms with E-state index in [1.165, 1.54) is 16.3 Å². The van der Waals surface area contributed by atoms with Crippen LogP contribution in [0.4, 0.5) is 0 Å². The Morgan fingerprint density at radius 2 is 1.64 bits per heavy atom. The molecule has 4 heteroatoms. The summed E-state index contributed by atoms with van der Waals surface area (Å²) in [6.07, 6.45) is 2.00. The van der Waals surface area contributed by atoms with Crippen LogP contribution >= 0.6 is 0 Å². The molecule has 0 bridgehead atoms. The number of piperidine rings is 1. The van der Waals surface area contributed by atoms with Gasteiger partial charge < -0.3 is 4.98 Å². The molecule has 4 aromatic rings. The molecule has 0 radical (unpaired) electrons. The lowest BCUT2D eigenvalue weighted by molar-refractivity contribution is 0.144. The van der Waals surface area contributed by atoms with E-state index in [0.717, 1.165) is 37.0 Å². The molecule has 0 saturated carbocycles. The van der Waals surface area contributed by atoms with Gasteiger partial charge in [0.2, 0.25) is 0 Å². The quantitative estimate of drug-likeness (QED) is 0.557. The van der Waals surface area contributed by atoms with Crippen LogP contribution in [-0.4, -0.2) is 27.5 Å². The third-order valence-corrected chi connectivity index (χ3v) is 6.29. The number of rotatable bonds is 3. The van der Waals surface area contributed by atoms with Gasteiger partial charge in [-0.05, 0) is 54.3 Å². The number of nitrogens with one attached hydrogen (secondary N) is 1. The molecule has 0 spiro atoms. The number of aromatic nitrogens is 2. The van der Waals surface area contributed by atoms with Gasteiger partial charge in [-0.15, -0.1) is 0 Å². The minimum Gasteiger partial charge on any atom is -0.306 e. The van der Waals surface area contributed by atoms with Gasteiger partial charge in [0.15, 0.2) is 0 Å². The summed E-state index contributed by atoms with van der Waals surface area (Å²) in [4.78, 5) is 18.0. The second kappa shape index (κ2) is 6.95. The van der Waals surface area contributed by atoms with Gasteiger partial charge in [0.05, 0.1) is 11.0 Å². The normalized spacial score (nSPS) is 17.3. The van der Waals surface area contributed by atoms with Crippen molar-refractivity contribution in [1.29, 1.82) is 0 Å². The first-order chi connectivity index (χ1) is 13.7. The maximum Gasteiger partial charge on any atom is 0.326 e. The number of nitrogens with zero attached hydrogens (tertiary/aromatic N) is 2. The molecule has 1 fully saturated rings. The number of fused-ring (bicyclic) bond motifs is 2. The summed E-state index contributed by atoms with van der Waals surface area (Å²) in [7, 11) is 0. The number of imidazole rings is 1. The van der Waals surface area contributed by atoms with E-state index >= 15 is 0 Å². The summed E-state index contributed by atoms with van der Waals surface area (Å²) >= 11 is 0. The van der Waals surface area contributed by atoms with Gasteiger partial charge in [-0.3, -0.25) is 9.47 Å². The van der Waals surface area contributed by atoms with Gasteiger partial charge in [0, 0.05) is 25.2 Å². The van der Waals surface area contributed by atoms with E-state index in [0.29, 0.717) is 6.04 Å². The minimum absolute atomic E-state index is 0.0160. The second-order valence-electron chi connectivity index (χ2n) is 7.87. The third kappa shape index (κ3) is 2.94. The molecule has 1 aliphatic heterocycles. The van der Waals surface area contributed by atoms with Crippen LogP contribution in [0.2, 0.25) is 0 Å². The average molecular weight is 371 g/mol. The minimum atomic E-state index is 0.0160. The van der Waals surface area contributed by atoms with E-state index in [-0.39, 0.29) is 11.7 Å². The Morgan fingerprint density at radius 1 is 0.929 bits per heavy atom. The first-order valence-electron chi connectivity index (χ1n) is 10.1. The van der Waals surface area contributed by atoms with Crippen molar-refractivity contribution in [3.63, 3.8) is 0 Å². The second-order valence-corrected chi connectivity index (χ2v) is 7.87. The molecule has 4 nitrogen and oxygen atoms in total. The molecule has 0 aliphatic carbocycles. The number of hydrogen-bond acceptors (Lipinski definition) is 2. The highest BCUT2D eigenvalue weighted by molar-refractivity contribution is 5.83. The van der Waals surface area contributed by atoms with Crippen molar-refractivity contribution in [3.8, 4) is 0 Å². The zero-order valence-corrected chi connectivity index (χ0v) is 16.1. The van der Waals surface area contributed by atoms with E-state index in [4.69, 9.17) is 0 Å². The fourth-order valence-electron chi connectivity index (χ4n) is 4.65. The highest BCUT2D eigenvalue weighted by Crippen LogP contribution is 2.31. The predicted octanol–water partition coefficient (Wildman–Crippen LogP) is 4.88. The van der Waals surface area contributed by atoms with Crippen LogP contribution in [0.5, 0.6) is 0 Å². The zero-order valence-electron chi connectivity index (χ0n) is 16.1. The predicted molar refractivity (Wildman–Crippen MR) is 115 cm³/mol. The third-order valence-electron chi connectivity index (χ3n) is 6.29. The standard InChI is InChI=1S/C24H25N3O/c1-17(19-11-10-18-6-2-3-7-20(18)16-19)26-14-12-21(13-15-26)27-23-9-5-4-8-22(23)25-24(27)28/h2-11,16-17,21H,12-15H2,1H3,(H,25,28). The molecule has 1 aliphatic rings. The molecule has 1 atom stereocenters. The Bertz CT molecular complexity index is 1180. The van der Waals surface area contributed by atoms with Gasteiger partial charge in [0.25, 0.3) is 0 Å². The van der Waals surface area contributed by atoms with Crippen LogP contribution in [0.3, 0.4) is 0 Å². The zero-order chi connectivity index (χ0) is 19.1. The fourth-order valence-corrected chi connectivity index (χ4v) is 4.65. The summed E-state index contributed by atoms with van der Waals surface area (Å²) in [6, 6.07) is 24.0. The van der Waals surface area contributed by atoms with Gasteiger partial charge >= 0.3 is 5.69 Å². The summed E-state index contributed by atoms with van der Waals surface area (Å²) in [6.45, 7) is 4.30. The van der Waals surface area contributed by atoms with Crippen molar-refractivity contribution >= 4 is 21.8 Å². The van der Waals surface area contributed by atoms with Crippen LogP contribution in [0.15, 0.2) is 71.5 Å². The van der Waals surface area contributed by atoms with Gasteiger partial charge in [-0.25, -0.2) is 4.79 Å². The van der Waals surface area contributed by atoms with Crippen molar-refractivity contribution in [2.24, 2.45) is 0 Å². The Hall–Kier alpha value is -2.85. The molecule has 28 heavy (non-hydrogen) atoms. The highest BCUT2D eigenvalue weighted by atomic mass is 16.1. The van der Waals surface area contributed by atoms with Gasteiger partial charge in [-0.1, -0.05) is 48.5 Å². The van der Waals surface area contributed by atoms with Crippen LogP contribution in [0.1, 0.15) is 37.4 Å². The van der Waals surface area contributed by atoms with E-state index in [1.54, 1.807) is 0 Å². The summed E-state index contributed by atoms with van der Waals surface area (Å²) in [5, 5.41) is 2.59. The number of para-hydroxylation sites is 2. The molecular weight excluding hydrogens is 346 g/mol. The summed E-state index contributed by atoms with van der Waals surface area (Å²) in [5.41, 5.74) is 3.33. The SMILES string of the molecule is CC(c1ccc2ccccc2c1)N1CCC(n2c(=O)[nH]c3ccccc32)CC1. The topological polar surface area (TPSA) is 41.0 Å². The molecule has 0 amide bonds. The first kappa shape index (κ1) is 17.3. The Labute approximate surface area is 164 Å². The van der Waals surface area contributed by atoms with Crippen molar-refractivity contribution in [2.45, 2.75) is 31.8 Å². The molecule has 1 saturated heterocycles. The molecular formula is C24H25N3O. The van der Waals surface area contributed by atoms with E-state index in [2.05, 4.69) is 59.3 Å². The molecule has 1 aromatic heterocycles. The maximum atomic E-state index is 12.5. The fraction of sp³-hybridized carbons (Fsp3) is 0.292. The van der Waals surface area contributed by atoms with E-state index in [1.807, 2.05) is 28.8 Å². The number of benzene rings is 3. The largest absolute Gasteiger partial charge is 0.326 e. The van der Waals surface area contributed by atoms with Crippen LogP contribution in [0, 0.1) is 0 Å².